The third-order valence-corrected chi connectivity index (χ3v) is 13.8. The lowest BCUT2D eigenvalue weighted by Gasteiger charge is -2.40. The third kappa shape index (κ3) is 45.6. The molecule has 0 aromatic heterocycles. The van der Waals surface area contributed by atoms with E-state index in [-0.39, 0.29) is 25.9 Å². The van der Waals surface area contributed by atoms with Gasteiger partial charge in [0.2, 0.25) is 0 Å². The lowest BCUT2D eigenvalue weighted by atomic mass is 9.98. The van der Waals surface area contributed by atoms with Crippen molar-refractivity contribution in [2.24, 2.45) is 0 Å². The zero-order valence-corrected chi connectivity index (χ0v) is 50.7. The number of hydrogen-bond acceptors (Lipinski definition) is 11. The van der Waals surface area contributed by atoms with Gasteiger partial charge in [-0.05, 0) is 116 Å². The third-order valence-electron chi connectivity index (χ3n) is 13.8. The van der Waals surface area contributed by atoms with Crippen LogP contribution >= 0.6 is 0 Å². The second-order valence-electron chi connectivity index (χ2n) is 21.3. The number of rotatable bonds is 53. The van der Waals surface area contributed by atoms with Gasteiger partial charge in [0.1, 0.15) is 18.8 Å². The largest absolute Gasteiger partial charge is 0.479 e. The predicted molar refractivity (Wildman–Crippen MR) is 330 cm³/mol. The van der Waals surface area contributed by atoms with Gasteiger partial charge in [-0.1, -0.05) is 226 Å². The predicted octanol–water partition coefficient (Wildman–Crippen LogP) is 17.0. The van der Waals surface area contributed by atoms with Crippen LogP contribution in [0.15, 0.2) is 109 Å². The van der Waals surface area contributed by atoms with Crippen molar-refractivity contribution in [3.8, 4) is 0 Å². The van der Waals surface area contributed by atoms with Crippen molar-refractivity contribution in [2.75, 3.05) is 13.2 Å². The summed E-state index contributed by atoms with van der Waals surface area (Å²) in [5.41, 5.74) is 0. The number of carbonyl (C=O) groups excluding carboxylic acids is 3. The van der Waals surface area contributed by atoms with Gasteiger partial charge in [0.05, 0.1) is 6.61 Å². The zero-order chi connectivity index (χ0) is 58.9. The average Bonchev–Trinajstić information content (AvgIpc) is 3.54. The van der Waals surface area contributed by atoms with Crippen LogP contribution < -0.4 is 0 Å². The van der Waals surface area contributed by atoms with E-state index in [2.05, 4.69) is 112 Å². The maximum atomic E-state index is 13.2. The second kappa shape index (κ2) is 55.9. The van der Waals surface area contributed by atoms with Gasteiger partial charge in [0.15, 0.2) is 24.6 Å². The smallest absolute Gasteiger partial charge is 0.335 e. The summed E-state index contributed by atoms with van der Waals surface area (Å²) in [4.78, 5) is 51.2. The summed E-state index contributed by atoms with van der Waals surface area (Å²) >= 11 is 0. The number of aliphatic hydroxyl groups excluding tert-OH is 2. The van der Waals surface area contributed by atoms with Gasteiger partial charge in [-0.2, -0.15) is 0 Å². The first kappa shape index (κ1) is 74.4. The molecule has 0 spiro atoms. The number of carboxylic acid groups (broad SMARTS) is 1. The maximum absolute atomic E-state index is 13.2. The molecule has 0 aliphatic carbocycles. The first-order valence-corrected chi connectivity index (χ1v) is 31.9. The van der Waals surface area contributed by atoms with Crippen LogP contribution in [0.2, 0.25) is 0 Å². The SMILES string of the molecule is CC/C=C\C/C=C\C/C=C\C/C=C\C/C=C\C/C=C\CCC(=O)OC1C(OCC(COC(=O)CCCCCCCCCCC/C=C\C/C=C\CCCCC)OC(=O)CCCCCCC/C=C\CCCCCC)OC(C(=O)O)C(O)C1O. The summed E-state index contributed by atoms with van der Waals surface area (Å²) < 4.78 is 28.4. The van der Waals surface area contributed by atoms with Gasteiger partial charge in [-0.25, -0.2) is 4.79 Å². The summed E-state index contributed by atoms with van der Waals surface area (Å²) in [6.45, 7) is 5.81. The Morgan fingerprint density at radius 3 is 1.27 bits per heavy atom. The molecule has 6 unspecified atom stereocenters. The minimum absolute atomic E-state index is 0.0702. The Morgan fingerprint density at radius 2 is 0.802 bits per heavy atom. The molecule has 0 aromatic carbocycles. The molecule has 1 aliphatic heterocycles. The number of ether oxygens (including phenoxy) is 5. The summed E-state index contributed by atoms with van der Waals surface area (Å²) in [7, 11) is 0. The van der Waals surface area contributed by atoms with E-state index in [4.69, 9.17) is 23.7 Å². The molecule has 460 valence electrons. The highest BCUT2D eigenvalue weighted by Gasteiger charge is 2.50. The Morgan fingerprint density at radius 1 is 0.420 bits per heavy atom. The standard InChI is InChI=1S/C69H112O12/c1-4-7-10-13-16-19-22-25-27-29-31-33-35-38-40-43-46-49-52-55-61(70)77-58-60(79-62(71)56-53-50-47-44-41-37-24-21-18-15-12-9-6-3)59-78-69-67(65(74)64(73)66(81-69)68(75)76)80-63(72)57-54-51-48-45-42-39-36-34-32-30-28-26-23-20-17-14-11-8-5-2/h8,11,16-17,19-21,24-28,32,34,39,42,48,51,60,64-67,69,73-74H,4-7,9-10,12-15,18,22-23,29-31,33,35-38,40-41,43-47,49-50,52-59H2,1-3H3,(H,75,76)/b11-8-,19-16-,20-17-,24-21-,27-25-,28-26-,34-32-,42-39-,51-48-. The first-order chi connectivity index (χ1) is 39.6. The number of aliphatic carboxylic acids is 1. The van der Waals surface area contributed by atoms with Crippen LogP contribution in [-0.4, -0.2) is 89.2 Å². The molecular formula is C69H112O12. The molecule has 0 bridgehead atoms. The monoisotopic (exact) mass is 1130 g/mol. The van der Waals surface area contributed by atoms with Crippen LogP contribution in [-0.2, 0) is 42.9 Å². The van der Waals surface area contributed by atoms with Gasteiger partial charge in [0.25, 0.3) is 0 Å². The van der Waals surface area contributed by atoms with Crippen LogP contribution in [0.1, 0.15) is 252 Å². The average molecular weight is 1130 g/mol. The van der Waals surface area contributed by atoms with Crippen LogP contribution in [0.4, 0.5) is 0 Å². The fraction of sp³-hybridized carbons (Fsp3) is 0.681. The fourth-order valence-electron chi connectivity index (χ4n) is 8.95. The van der Waals surface area contributed by atoms with E-state index in [9.17, 15) is 34.5 Å². The van der Waals surface area contributed by atoms with Crippen molar-refractivity contribution in [2.45, 2.75) is 289 Å². The first-order valence-electron chi connectivity index (χ1n) is 31.9. The number of esters is 3. The molecule has 3 N–H and O–H groups in total. The van der Waals surface area contributed by atoms with Crippen molar-refractivity contribution >= 4 is 23.9 Å². The summed E-state index contributed by atoms with van der Waals surface area (Å²) in [5.74, 6) is -3.25. The molecule has 1 aliphatic rings. The molecule has 0 aromatic rings. The van der Waals surface area contributed by atoms with Gasteiger partial charge >= 0.3 is 23.9 Å². The Kier molecular flexibility index (Phi) is 51.3. The molecule has 0 saturated carbocycles. The molecule has 1 saturated heterocycles. The van der Waals surface area contributed by atoms with Gasteiger partial charge in [-0.3, -0.25) is 14.4 Å². The highest BCUT2D eigenvalue weighted by molar-refractivity contribution is 5.74. The molecule has 1 heterocycles. The minimum atomic E-state index is -1.94. The maximum Gasteiger partial charge on any atom is 0.335 e. The van der Waals surface area contributed by atoms with E-state index in [0.29, 0.717) is 25.7 Å². The summed E-state index contributed by atoms with van der Waals surface area (Å²) in [6.07, 6.45) is 63.4. The number of aliphatic hydroxyl groups is 2. The molecule has 12 heteroatoms. The topological polar surface area (TPSA) is 175 Å². The second-order valence-corrected chi connectivity index (χ2v) is 21.3. The van der Waals surface area contributed by atoms with Crippen LogP contribution in [0, 0.1) is 0 Å². The van der Waals surface area contributed by atoms with Gasteiger partial charge in [-0.15, -0.1) is 0 Å². The van der Waals surface area contributed by atoms with Crippen molar-refractivity contribution in [3.05, 3.63) is 109 Å². The number of allylic oxidation sites excluding steroid dienone is 18. The molecule has 6 atom stereocenters. The van der Waals surface area contributed by atoms with Gasteiger partial charge in [0, 0.05) is 19.3 Å². The lowest BCUT2D eigenvalue weighted by Crippen LogP contribution is -2.61. The number of carboxylic acids is 1. The molecule has 1 fully saturated rings. The highest BCUT2D eigenvalue weighted by atomic mass is 16.7. The van der Waals surface area contributed by atoms with E-state index < -0.39 is 67.3 Å². The van der Waals surface area contributed by atoms with Crippen molar-refractivity contribution < 1.29 is 58.2 Å². The Bertz CT molecular complexity index is 1820. The van der Waals surface area contributed by atoms with Crippen LogP contribution in [0.5, 0.6) is 0 Å². The Hall–Kier alpha value is -4.62. The molecule has 81 heavy (non-hydrogen) atoms. The zero-order valence-electron chi connectivity index (χ0n) is 50.7. The quantitative estimate of drug-likeness (QED) is 0.0228. The normalized spacial score (nSPS) is 18.5. The highest BCUT2D eigenvalue weighted by Crippen LogP contribution is 2.26. The number of hydrogen-bond donors (Lipinski definition) is 3. The van der Waals surface area contributed by atoms with Crippen molar-refractivity contribution in [1.29, 1.82) is 0 Å². The fourth-order valence-corrected chi connectivity index (χ4v) is 8.95. The Labute approximate surface area is 491 Å². The van der Waals surface area contributed by atoms with E-state index in [1.54, 1.807) is 0 Å². The minimum Gasteiger partial charge on any atom is -0.479 e. The van der Waals surface area contributed by atoms with E-state index in [1.807, 2.05) is 18.2 Å². The van der Waals surface area contributed by atoms with Crippen molar-refractivity contribution in [3.63, 3.8) is 0 Å². The van der Waals surface area contributed by atoms with Crippen LogP contribution in [0.3, 0.4) is 0 Å². The molecule has 0 radical (unpaired) electrons. The molecule has 1 rings (SSSR count). The number of carbonyl (C=O) groups is 4. The van der Waals surface area contributed by atoms with Crippen LogP contribution in [0.25, 0.3) is 0 Å². The van der Waals surface area contributed by atoms with Gasteiger partial charge < -0.3 is 39.0 Å². The molecular weight excluding hydrogens is 1020 g/mol. The van der Waals surface area contributed by atoms with E-state index in [0.717, 1.165) is 103 Å². The lowest BCUT2D eigenvalue weighted by molar-refractivity contribution is -0.301. The molecule has 12 nitrogen and oxygen atoms in total. The molecule has 0 amide bonds. The Balaban J connectivity index is 2.70. The van der Waals surface area contributed by atoms with E-state index in [1.165, 1.54) is 83.5 Å². The summed E-state index contributed by atoms with van der Waals surface area (Å²) in [5, 5.41) is 31.5. The summed E-state index contributed by atoms with van der Waals surface area (Å²) in [6, 6.07) is 0. The van der Waals surface area contributed by atoms with Crippen molar-refractivity contribution in [1.82, 2.24) is 0 Å². The van der Waals surface area contributed by atoms with E-state index >= 15 is 0 Å². The number of unbranched alkanes of at least 4 members (excludes halogenated alkanes) is 21.